The second kappa shape index (κ2) is 9.40. The molecule has 0 saturated heterocycles. The molecule has 0 aromatic carbocycles. The molecule has 0 spiro atoms. The highest BCUT2D eigenvalue weighted by molar-refractivity contribution is 5.70. The first-order valence-electron chi connectivity index (χ1n) is 11.1. The molecule has 2 aliphatic rings. The van der Waals surface area contributed by atoms with Crippen molar-refractivity contribution in [3.8, 4) is 5.88 Å². The number of halogens is 3. The summed E-state index contributed by atoms with van der Waals surface area (Å²) in [6, 6.07) is 2.66. The maximum atomic E-state index is 14.2. The van der Waals surface area contributed by atoms with Crippen molar-refractivity contribution in [3.05, 3.63) is 58.6 Å². The fourth-order valence-corrected chi connectivity index (χ4v) is 4.76. The summed E-state index contributed by atoms with van der Waals surface area (Å²) in [6.07, 6.45) is 1.05. The van der Waals surface area contributed by atoms with Crippen molar-refractivity contribution in [2.75, 3.05) is 13.7 Å². The van der Waals surface area contributed by atoms with Gasteiger partial charge in [0.2, 0.25) is 5.88 Å². The molecule has 4 rings (SSSR count). The van der Waals surface area contributed by atoms with Gasteiger partial charge in [0.15, 0.2) is 0 Å². The van der Waals surface area contributed by atoms with Gasteiger partial charge < -0.3 is 15.6 Å². The van der Waals surface area contributed by atoms with Crippen molar-refractivity contribution in [2.24, 2.45) is 11.7 Å². The SMILES string of the molecule is COc1cc(C(N2CCc3c(C4=CCC(C)CC4)cc(C(N)O)nc3C2)C(F)(F)F)ccn1. The van der Waals surface area contributed by atoms with Gasteiger partial charge in [0.1, 0.15) is 12.3 Å². The third kappa shape index (κ3) is 5.05. The number of alkyl halides is 3. The van der Waals surface area contributed by atoms with E-state index >= 15 is 0 Å². The molecule has 0 saturated carbocycles. The van der Waals surface area contributed by atoms with E-state index in [1.807, 2.05) is 0 Å². The number of aliphatic hydroxyl groups excluding tert-OH is 1. The van der Waals surface area contributed by atoms with E-state index in [2.05, 4.69) is 23.0 Å². The molecule has 1 aliphatic heterocycles. The minimum absolute atomic E-state index is 0.00138. The van der Waals surface area contributed by atoms with Crippen LogP contribution >= 0.6 is 0 Å². The molecule has 0 radical (unpaired) electrons. The van der Waals surface area contributed by atoms with E-state index in [9.17, 15) is 18.3 Å². The molecule has 9 heteroatoms. The molecule has 2 aromatic rings. The lowest BCUT2D eigenvalue weighted by Crippen LogP contribution is -2.42. The fraction of sp³-hybridized carbons (Fsp3) is 0.500. The normalized spacial score (nSPS) is 21.2. The highest BCUT2D eigenvalue weighted by Crippen LogP contribution is 2.42. The first-order valence-corrected chi connectivity index (χ1v) is 11.1. The summed E-state index contributed by atoms with van der Waals surface area (Å²) < 4.78 is 47.7. The second-order valence-electron chi connectivity index (χ2n) is 8.87. The number of aliphatic hydroxyl groups is 1. The summed E-state index contributed by atoms with van der Waals surface area (Å²) in [6.45, 7) is 2.43. The molecule has 2 aromatic heterocycles. The van der Waals surface area contributed by atoms with E-state index in [-0.39, 0.29) is 30.2 Å². The van der Waals surface area contributed by atoms with Crippen LogP contribution in [0.3, 0.4) is 0 Å². The van der Waals surface area contributed by atoms with Gasteiger partial charge in [-0.3, -0.25) is 9.88 Å². The minimum Gasteiger partial charge on any atom is -0.481 e. The zero-order valence-corrected chi connectivity index (χ0v) is 18.8. The summed E-state index contributed by atoms with van der Waals surface area (Å²) in [7, 11) is 1.37. The van der Waals surface area contributed by atoms with E-state index in [1.54, 1.807) is 6.07 Å². The number of pyridine rings is 2. The van der Waals surface area contributed by atoms with E-state index in [1.165, 1.54) is 30.3 Å². The number of hydrogen-bond donors (Lipinski definition) is 2. The molecule has 3 unspecified atom stereocenters. The number of methoxy groups -OCH3 is 1. The van der Waals surface area contributed by atoms with Gasteiger partial charge in [-0.15, -0.1) is 0 Å². The number of fused-ring (bicyclic) bond motifs is 1. The molecule has 3 heterocycles. The maximum Gasteiger partial charge on any atom is 0.408 e. The number of hydrogen-bond acceptors (Lipinski definition) is 6. The first kappa shape index (κ1) is 23.7. The van der Waals surface area contributed by atoms with Crippen molar-refractivity contribution in [1.82, 2.24) is 14.9 Å². The molecular formula is C24H29F3N4O2. The predicted octanol–water partition coefficient (Wildman–Crippen LogP) is 4.30. The van der Waals surface area contributed by atoms with Crippen LogP contribution < -0.4 is 10.5 Å². The van der Waals surface area contributed by atoms with Gasteiger partial charge in [-0.25, -0.2) is 4.98 Å². The third-order valence-electron chi connectivity index (χ3n) is 6.51. The van der Waals surface area contributed by atoms with Crippen molar-refractivity contribution in [3.63, 3.8) is 0 Å². The lowest BCUT2D eigenvalue weighted by atomic mass is 9.84. The Kier molecular flexibility index (Phi) is 6.74. The van der Waals surface area contributed by atoms with Crippen LogP contribution in [0.1, 0.15) is 66.5 Å². The van der Waals surface area contributed by atoms with E-state index in [0.29, 0.717) is 18.0 Å². The number of nitrogens with zero attached hydrogens (tertiary/aromatic N) is 3. The Morgan fingerprint density at radius 1 is 1.27 bits per heavy atom. The molecule has 3 atom stereocenters. The highest BCUT2D eigenvalue weighted by atomic mass is 19.4. The van der Waals surface area contributed by atoms with Crippen LogP contribution in [0.4, 0.5) is 13.2 Å². The highest BCUT2D eigenvalue weighted by Gasteiger charge is 2.46. The second-order valence-corrected chi connectivity index (χ2v) is 8.87. The average Bonchev–Trinajstić information content (AvgIpc) is 2.78. The topological polar surface area (TPSA) is 84.5 Å². The quantitative estimate of drug-likeness (QED) is 0.645. The number of rotatable bonds is 5. The average molecular weight is 463 g/mol. The van der Waals surface area contributed by atoms with Crippen LogP contribution in [-0.2, 0) is 13.0 Å². The summed E-state index contributed by atoms with van der Waals surface area (Å²) >= 11 is 0. The molecule has 0 fully saturated rings. The van der Waals surface area contributed by atoms with Gasteiger partial charge in [0.05, 0.1) is 18.5 Å². The van der Waals surface area contributed by atoms with Crippen LogP contribution in [-0.4, -0.2) is 39.8 Å². The Morgan fingerprint density at radius 2 is 2.06 bits per heavy atom. The van der Waals surface area contributed by atoms with Gasteiger partial charge in [-0.05, 0) is 66.0 Å². The molecule has 178 valence electrons. The van der Waals surface area contributed by atoms with Crippen molar-refractivity contribution in [1.29, 1.82) is 0 Å². The fourth-order valence-electron chi connectivity index (χ4n) is 4.76. The van der Waals surface area contributed by atoms with Crippen LogP contribution in [0.5, 0.6) is 5.88 Å². The number of allylic oxidation sites excluding steroid dienone is 2. The van der Waals surface area contributed by atoms with Crippen molar-refractivity contribution >= 4 is 5.57 Å². The van der Waals surface area contributed by atoms with Crippen LogP contribution in [0.15, 0.2) is 30.5 Å². The Morgan fingerprint density at radius 3 is 2.70 bits per heavy atom. The molecule has 33 heavy (non-hydrogen) atoms. The standard InChI is InChI=1S/C24H29F3N4O2/c1-14-3-5-15(6-4-14)18-12-19(23(28)32)30-20-13-31(10-8-17(18)20)22(24(25,26)27)16-7-9-29-21(11-16)33-2/h5,7,9,11-12,14,22-23,32H,3-4,6,8,10,13,28H2,1-2H3. The first-order chi connectivity index (χ1) is 15.7. The minimum atomic E-state index is -4.50. The maximum absolute atomic E-state index is 14.2. The Bertz CT molecular complexity index is 1040. The predicted molar refractivity (Wildman–Crippen MR) is 118 cm³/mol. The monoisotopic (exact) mass is 462 g/mol. The Hall–Kier alpha value is -2.49. The Labute approximate surface area is 191 Å². The number of aromatic nitrogens is 2. The molecular weight excluding hydrogens is 433 g/mol. The van der Waals surface area contributed by atoms with Crippen molar-refractivity contribution in [2.45, 2.75) is 57.6 Å². The van der Waals surface area contributed by atoms with Gasteiger partial charge in [0.25, 0.3) is 0 Å². The van der Waals surface area contributed by atoms with E-state index < -0.39 is 18.4 Å². The van der Waals surface area contributed by atoms with Gasteiger partial charge in [-0.2, -0.15) is 13.2 Å². The molecule has 0 bridgehead atoms. The molecule has 0 amide bonds. The summed E-state index contributed by atoms with van der Waals surface area (Å²) in [5.74, 6) is 0.734. The van der Waals surface area contributed by atoms with E-state index in [4.69, 9.17) is 10.5 Å². The van der Waals surface area contributed by atoms with Gasteiger partial charge >= 0.3 is 6.18 Å². The van der Waals surface area contributed by atoms with Crippen LogP contribution in [0, 0.1) is 5.92 Å². The van der Waals surface area contributed by atoms with Gasteiger partial charge in [0, 0.05) is 25.4 Å². The molecule has 1 aliphatic carbocycles. The van der Waals surface area contributed by atoms with E-state index in [0.717, 1.165) is 36.0 Å². The molecule has 3 N–H and O–H groups in total. The zero-order chi connectivity index (χ0) is 23.8. The number of nitrogens with two attached hydrogens (primary N) is 1. The lowest BCUT2D eigenvalue weighted by molar-refractivity contribution is -0.189. The van der Waals surface area contributed by atoms with Crippen LogP contribution in [0.2, 0.25) is 0 Å². The van der Waals surface area contributed by atoms with Gasteiger partial charge in [-0.1, -0.05) is 13.0 Å². The summed E-state index contributed by atoms with van der Waals surface area (Å²) in [4.78, 5) is 9.78. The summed E-state index contributed by atoms with van der Waals surface area (Å²) in [5.41, 5.74) is 9.66. The smallest absolute Gasteiger partial charge is 0.408 e. The number of ether oxygens (including phenoxy) is 1. The lowest BCUT2D eigenvalue weighted by Gasteiger charge is -2.37. The zero-order valence-electron chi connectivity index (χ0n) is 18.8. The van der Waals surface area contributed by atoms with Crippen molar-refractivity contribution < 1.29 is 23.0 Å². The summed E-state index contributed by atoms with van der Waals surface area (Å²) in [5, 5.41) is 10.0. The third-order valence-corrected chi connectivity index (χ3v) is 6.51. The largest absolute Gasteiger partial charge is 0.481 e. The molecule has 6 nitrogen and oxygen atoms in total. The van der Waals surface area contributed by atoms with Crippen LogP contribution in [0.25, 0.3) is 5.57 Å². The Balaban J connectivity index is 1.73.